The normalized spacial score (nSPS) is 13.3. The molecule has 1 amide bonds. The molecule has 1 aliphatic rings. The van der Waals surface area contributed by atoms with E-state index in [0.717, 1.165) is 0 Å². The molecule has 1 heterocycles. The maximum atomic E-state index is 11.4. The molecule has 0 fully saturated rings. The molecule has 0 aliphatic carbocycles. The van der Waals surface area contributed by atoms with Crippen LogP contribution in [0.3, 0.4) is 0 Å². The molecule has 1 aromatic carbocycles. The van der Waals surface area contributed by atoms with Gasteiger partial charge in [0.1, 0.15) is 0 Å². The number of fused-ring (bicyclic) bond motifs is 1. The molecule has 0 saturated carbocycles. The van der Waals surface area contributed by atoms with E-state index in [1.807, 2.05) is 0 Å². The molecule has 0 saturated heterocycles. The van der Waals surface area contributed by atoms with Gasteiger partial charge < -0.3 is 10.1 Å². The Morgan fingerprint density at radius 3 is 2.81 bits per heavy atom. The Morgan fingerprint density at radius 2 is 2.12 bits per heavy atom. The van der Waals surface area contributed by atoms with E-state index in [-0.39, 0.29) is 17.7 Å². The molecule has 82 valence electrons. The number of carbonyl (C=O) groups excluding carboxylic acids is 3. The van der Waals surface area contributed by atoms with Gasteiger partial charge in [0.25, 0.3) is 11.7 Å². The quantitative estimate of drug-likeness (QED) is 0.594. The van der Waals surface area contributed by atoms with E-state index >= 15 is 0 Å². The maximum Gasteiger partial charge on any atom is 0.338 e. The highest BCUT2D eigenvalue weighted by atomic mass is 16.5. The second-order valence-corrected chi connectivity index (χ2v) is 3.26. The zero-order valence-electron chi connectivity index (χ0n) is 8.57. The van der Waals surface area contributed by atoms with E-state index in [1.165, 1.54) is 18.2 Å². The van der Waals surface area contributed by atoms with Gasteiger partial charge in [-0.05, 0) is 25.1 Å². The number of esters is 1. The van der Waals surface area contributed by atoms with Crippen LogP contribution in [0.15, 0.2) is 18.2 Å². The number of anilines is 1. The average molecular weight is 219 g/mol. The highest BCUT2D eigenvalue weighted by Gasteiger charge is 2.28. The summed E-state index contributed by atoms with van der Waals surface area (Å²) in [6.07, 6.45) is 0. The van der Waals surface area contributed by atoms with Crippen molar-refractivity contribution in [2.75, 3.05) is 11.9 Å². The van der Waals surface area contributed by atoms with Gasteiger partial charge in [-0.3, -0.25) is 9.59 Å². The van der Waals surface area contributed by atoms with Crippen molar-refractivity contribution in [2.24, 2.45) is 0 Å². The molecule has 0 radical (unpaired) electrons. The highest BCUT2D eigenvalue weighted by molar-refractivity contribution is 6.51. The molecular weight excluding hydrogens is 210 g/mol. The third-order valence-corrected chi connectivity index (χ3v) is 2.23. The van der Waals surface area contributed by atoms with Crippen molar-refractivity contribution < 1.29 is 19.1 Å². The Balaban J connectivity index is 2.37. The number of Topliss-reactive ketones (excluding diaryl/α,β-unsaturated/α-hetero) is 1. The van der Waals surface area contributed by atoms with Gasteiger partial charge in [-0.1, -0.05) is 0 Å². The standard InChI is InChI=1S/C11H9NO4/c1-2-16-11(15)6-3-4-8-7(5-6)9(13)10(14)12-8/h3-5H,2H2,1H3,(H,12,13,14). The van der Waals surface area contributed by atoms with E-state index in [2.05, 4.69) is 5.32 Å². The van der Waals surface area contributed by atoms with Crippen LogP contribution in [0.2, 0.25) is 0 Å². The number of rotatable bonds is 2. The van der Waals surface area contributed by atoms with Crippen molar-refractivity contribution >= 4 is 23.3 Å². The lowest BCUT2D eigenvalue weighted by Crippen LogP contribution is -2.12. The van der Waals surface area contributed by atoms with Gasteiger partial charge >= 0.3 is 5.97 Å². The minimum atomic E-state index is -0.670. The number of carbonyl (C=O) groups is 3. The van der Waals surface area contributed by atoms with Crippen molar-refractivity contribution in [1.29, 1.82) is 0 Å². The SMILES string of the molecule is CCOC(=O)c1ccc2c(c1)C(=O)C(=O)N2. The molecule has 5 heteroatoms. The summed E-state index contributed by atoms with van der Waals surface area (Å²) in [5.41, 5.74) is 0.920. The zero-order chi connectivity index (χ0) is 11.7. The summed E-state index contributed by atoms with van der Waals surface area (Å²) in [5, 5.41) is 2.40. The number of nitrogens with one attached hydrogen (secondary N) is 1. The Bertz CT molecular complexity index is 493. The topological polar surface area (TPSA) is 72.5 Å². The zero-order valence-corrected chi connectivity index (χ0v) is 8.57. The number of ketones is 1. The summed E-state index contributed by atoms with van der Waals surface area (Å²) >= 11 is 0. The lowest BCUT2D eigenvalue weighted by molar-refractivity contribution is -0.112. The smallest absolute Gasteiger partial charge is 0.338 e. The van der Waals surface area contributed by atoms with Crippen LogP contribution in [0.1, 0.15) is 27.6 Å². The fourth-order valence-corrected chi connectivity index (χ4v) is 1.48. The summed E-state index contributed by atoms with van der Waals surface area (Å²) in [5.74, 6) is -1.80. The third kappa shape index (κ3) is 1.56. The van der Waals surface area contributed by atoms with E-state index in [1.54, 1.807) is 6.92 Å². The fraction of sp³-hybridized carbons (Fsp3) is 0.182. The Labute approximate surface area is 91.4 Å². The monoisotopic (exact) mass is 219 g/mol. The lowest BCUT2D eigenvalue weighted by Gasteiger charge is -2.02. The van der Waals surface area contributed by atoms with Gasteiger partial charge in [0, 0.05) is 0 Å². The molecule has 16 heavy (non-hydrogen) atoms. The second kappa shape index (κ2) is 3.77. The van der Waals surface area contributed by atoms with Crippen LogP contribution >= 0.6 is 0 Å². The van der Waals surface area contributed by atoms with E-state index in [9.17, 15) is 14.4 Å². The number of amides is 1. The van der Waals surface area contributed by atoms with Crippen molar-refractivity contribution in [1.82, 2.24) is 0 Å². The molecular formula is C11H9NO4. The van der Waals surface area contributed by atoms with Gasteiger partial charge in [0.05, 0.1) is 23.4 Å². The molecule has 0 bridgehead atoms. The first-order chi connectivity index (χ1) is 7.63. The number of ether oxygens (including phenoxy) is 1. The Morgan fingerprint density at radius 1 is 1.38 bits per heavy atom. The highest BCUT2D eigenvalue weighted by Crippen LogP contribution is 2.24. The van der Waals surface area contributed by atoms with Crippen molar-refractivity contribution in [3.63, 3.8) is 0 Å². The van der Waals surface area contributed by atoms with Gasteiger partial charge in [-0.15, -0.1) is 0 Å². The first-order valence-corrected chi connectivity index (χ1v) is 4.80. The van der Waals surface area contributed by atoms with E-state index in [0.29, 0.717) is 5.69 Å². The first kappa shape index (κ1) is 10.4. The van der Waals surface area contributed by atoms with Crippen molar-refractivity contribution in [2.45, 2.75) is 6.92 Å². The number of hydrogen-bond donors (Lipinski definition) is 1. The predicted octanol–water partition coefficient (Wildman–Crippen LogP) is 0.998. The third-order valence-electron chi connectivity index (χ3n) is 2.23. The summed E-state index contributed by atoms with van der Waals surface area (Å²) in [6, 6.07) is 4.40. The molecule has 1 aromatic rings. The van der Waals surface area contributed by atoms with Crippen LogP contribution in [-0.4, -0.2) is 24.3 Å². The van der Waals surface area contributed by atoms with Crippen LogP contribution in [-0.2, 0) is 9.53 Å². The summed E-state index contributed by atoms with van der Waals surface area (Å²) < 4.78 is 4.79. The van der Waals surface area contributed by atoms with Crippen LogP contribution < -0.4 is 5.32 Å². The largest absolute Gasteiger partial charge is 0.462 e. The molecule has 2 rings (SSSR count). The van der Waals surface area contributed by atoms with E-state index in [4.69, 9.17) is 4.74 Å². The van der Waals surface area contributed by atoms with E-state index < -0.39 is 17.7 Å². The number of hydrogen-bond acceptors (Lipinski definition) is 4. The minimum Gasteiger partial charge on any atom is -0.462 e. The predicted molar refractivity (Wildman–Crippen MR) is 55.4 cm³/mol. The average Bonchev–Trinajstić information content (AvgIpc) is 2.55. The first-order valence-electron chi connectivity index (χ1n) is 4.80. The lowest BCUT2D eigenvalue weighted by atomic mass is 10.1. The molecule has 5 nitrogen and oxygen atoms in total. The van der Waals surface area contributed by atoms with Crippen LogP contribution in [0.4, 0.5) is 5.69 Å². The summed E-state index contributed by atoms with van der Waals surface area (Å²) in [4.78, 5) is 33.8. The van der Waals surface area contributed by atoms with Crippen molar-refractivity contribution in [3.8, 4) is 0 Å². The maximum absolute atomic E-state index is 11.4. The molecule has 0 unspecified atom stereocenters. The van der Waals surface area contributed by atoms with Gasteiger partial charge in [0.15, 0.2) is 0 Å². The summed E-state index contributed by atoms with van der Waals surface area (Å²) in [7, 11) is 0. The van der Waals surface area contributed by atoms with Crippen LogP contribution in [0.5, 0.6) is 0 Å². The van der Waals surface area contributed by atoms with Crippen LogP contribution in [0.25, 0.3) is 0 Å². The molecule has 1 N–H and O–H groups in total. The minimum absolute atomic E-state index is 0.218. The second-order valence-electron chi connectivity index (χ2n) is 3.26. The Hall–Kier alpha value is -2.17. The fourth-order valence-electron chi connectivity index (χ4n) is 1.48. The van der Waals surface area contributed by atoms with Crippen molar-refractivity contribution in [3.05, 3.63) is 29.3 Å². The van der Waals surface area contributed by atoms with Crippen LogP contribution in [0, 0.1) is 0 Å². The van der Waals surface area contributed by atoms with Gasteiger partial charge in [-0.25, -0.2) is 4.79 Å². The molecule has 0 spiro atoms. The molecule has 1 aliphatic heterocycles. The van der Waals surface area contributed by atoms with Gasteiger partial charge in [-0.2, -0.15) is 0 Å². The van der Waals surface area contributed by atoms with Gasteiger partial charge in [0.2, 0.25) is 0 Å². The molecule has 0 atom stereocenters. The Kier molecular flexibility index (Phi) is 2.44. The summed E-state index contributed by atoms with van der Waals surface area (Å²) in [6.45, 7) is 1.96. The molecule has 0 aromatic heterocycles. The number of benzene rings is 1.